The van der Waals surface area contributed by atoms with Crippen LogP contribution in [0, 0.1) is 5.92 Å². The average Bonchev–Trinajstić information content (AvgIpc) is 2.39. The van der Waals surface area contributed by atoms with Crippen molar-refractivity contribution in [2.75, 3.05) is 14.2 Å². The zero-order valence-electron chi connectivity index (χ0n) is 11.8. The molecule has 0 amide bonds. The van der Waals surface area contributed by atoms with Crippen molar-refractivity contribution in [3.63, 3.8) is 0 Å². The number of likely N-dealkylation sites (N-methyl/N-ethyl adjacent to an activating group) is 1. The smallest absolute Gasteiger partial charge is 0.0755 e. The quantitative estimate of drug-likeness (QED) is 0.686. The highest BCUT2D eigenvalue weighted by molar-refractivity contribution is 4.99. The SMILES string of the molecule is C=C(CC)CC(NC)C(OC)C1CCCCC1. The summed E-state index contributed by atoms with van der Waals surface area (Å²) in [5.74, 6) is 0.732. The van der Waals surface area contributed by atoms with Gasteiger partial charge in [0.1, 0.15) is 0 Å². The minimum absolute atomic E-state index is 0.351. The maximum atomic E-state index is 5.78. The molecule has 0 spiro atoms. The van der Waals surface area contributed by atoms with E-state index in [9.17, 15) is 0 Å². The van der Waals surface area contributed by atoms with Crippen LogP contribution in [0.1, 0.15) is 51.9 Å². The molecule has 1 saturated carbocycles. The Bertz CT molecular complexity index is 221. The van der Waals surface area contributed by atoms with Gasteiger partial charge in [-0.2, -0.15) is 0 Å². The maximum Gasteiger partial charge on any atom is 0.0755 e. The number of hydrogen-bond acceptors (Lipinski definition) is 2. The second-order valence-corrected chi connectivity index (χ2v) is 5.30. The normalized spacial score (nSPS) is 21.1. The van der Waals surface area contributed by atoms with Gasteiger partial charge in [0.2, 0.25) is 0 Å². The fraction of sp³-hybridized carbons (Fsp3) is 0.867. The molecule has 1 rings (SSSR count). The van der Waals surface area contributed by atoms with Crippen molar-refractivity contribution in [2.24, 2.45) is 5.92 Å². The lowest BCUT2D eigenvalue weighted by molar-refractivity contribution is 0.0101. The van der Waals surface area contributed by atoms with Crippen molar-refractivity contribution < 1.29 is 4.74 Å². The third-order valence-electron chi connectivity index (χ3n) is 4.16. The predicted molar refractivity (Wildman–Crippen MR) is 74.3 cm³/mol. The van der Waals surface area contributed by atoms with E-state index in [1.165, 1.54) is 37.7 Å². The van der Waals surface area contributed by atoms with Crippen LogP contribution in [0.4, 0.5) is 0 Å². The van der Waals surface area contributed by atoms with E-state index < -0.39 is 0 Å². The topological polar surface area (TPSA) is 21.3 Å². The Balaban J connectivity index is 2.57. The Hall–Kier alpha value is -0.340. The van der Waals surface area contributed by atoms with Gasteiger partial charge < -0.3 is 10.1 Å². The van der Waals surface area contributed by atoms with E-state index in [2.05, 4.69) is 18.8 Å². The summed E-state index contributed by atoms with van der Waals surface area (Å²) in [6.07, 6.45) is 9.26. The molecule has 0 aromatic heterocycles. The van der Waals surface area contributed by atoms with Crippen molar-refractivity contribution in [3.8, 4) is 0 Å². The van der Waals surface area contributed by atoms with Crippen LogP contribution in [0.3, 0.4) is 0 Å². The van der Waals surface area contributed by atoms with E-state index in [-0.39, 0.29) is 0 Å². The van der Waals surface area contributed by atoms with Gasteiger partial charge in [-0.3, -0.25) is 0 Å². The number of hydrogen-bond donors (Lipinski definition) is 1. The molecule has 17 heavy (non-hydrogen) atoms. The van der Waals surface area contributed by atoms with E-state index >= 15 is 0 Å². The van der Waals surface area contributed by atoms with Crippen molar-refractivity contribution in [2.45, 2.75) is 64.0 Å². The maximum absolute atomic E-state index is 5.78. The molecule has 1 N–H and O–H groups in total. The molecule has 100 valence electrons. The molecule has 2 nitrogen and oxygen atoms in total. The summed E-state index contributed by atoms with van der Waals surface area (Å²) in [4.78, 5) is 0. The third kappa shape index (κ3) is 4.44. The first-order chi connectivity index (χ1) is 8.22. The molecule has 0 radical (unpaired) electrons. The molecule has 1 aliphatic rings. The molecule has 0 aromatic carbocycles. The minimum Gasteiger partial charge on any atom is -0.380 e. The molecule has 1 aliphatic carbocycles. The van der Waals surface area contributed by atoms with Gasteiger partial charge in [-0.15, -0.1) is 0 Å². The molecule has 0 saturated heterocycles. The number of rotatable bonds is 7. The van der Waals surface area contributed by atoms with Crippen molar-refractivity contribution >= 4 is 0 Å². The molecule has 2 atom stereocenters. The van der Waals surface area contributed by atoms with Crippen LogP contribution in [0.5, 0.6) is 0 Å². The third-order valence-corrected chi connectivity index (χ3v) is 4.16. The fourth-order valence-corrected chi connectivity index (χ4v) is 2.99. The second kappa shape index (κ2) is 7.88. The molecule has 0 heterocycles. The fourth-order valence-electron chi connectivity index (χ4n) is 2.99. The minimum atomic E-state index is 0.351. The summed E-state index contributed by atoms with van der Waals surface area (Å²) < 4.78 is 5.78. The Morgan fingerprint density at radius 2 is 2.00 bits per heavy atom. The first kappa shape index (κ1) is 14.7. The molecule has 1 fully saturated rings. The summed E-state index contributed by atoms with van der Waals surface area (Å²) >= 11 is 0. The van der Waals surface area contributed by atoms with Gasteiger partial charge in [0, 0.05) is 13.2 Å². The van der Waals surface area contributed by atoms with E-state index in [0.717, 1.165) is 18.8 Å². The number of methoxy groups -OCH3 is 1. The van der Waals surface area contributed by atoms with Gasteiger partial charge in [-0.1, -0.05) is 38.3 Å². The summed E-state index contributed by atoms with van der Waals surface area (Å²) in [7, 11) is 3.90. The van der Waals surface area contributed by atoms with E-state index in [4.69, 9.17) is 4.74 Å². The zero-order valence-corrected chi connectivity index (χ0v) is 11.8. The van der Waals surface area contributed by atoms with Gasteiger partial charge in [0.25, 0.3) is 0 Å². The van der Waals surface area contributed by atoms with E-state index in [1.54, 1.807) is 0 Å². The largest absolute Gasteiger partial charge is 0.380 e. The molecule has 0 aliphatic heterocycles. The van der Waals surface area contributed by atoms with Crippen molar-refractivity contribution in [1.82, 2.24) is 5.32 Å². The van der Waals surface area contributed by atoms with E-state index in [0.29, 0.717) is 12.1 Å². The van der Waals surface area contributed by atoms with Crippen molar-refractivity contribution in [3.05, 3.63) is 12.2 Å². The summed E-state index contributed by atoms with van der Waals surface area (Å²) in [6.45, 7) is 6.31. The zero-order chi connectivity index (χ0) is 12.7. The highest BCUT2D eigenvalue weighted by Crippen LogP contribution is 2.30. The van der Waals surface area contributed by atoms with Crippen LogP contribution in [0.15, 0.2) is 12.2 Å². The van der Waals surface area contributed by atoms with Crippen LogP contribution < -0.4 is 5.32 Å². The molecule has 0 aromatic rings. The lowest BCUT2D eigenvalue weighted by atomic mass is 9.81. The summed E-state index contributed by atoms with van der Waals surface area (Å²) in [5.41, 5.74) is 1.32. The molecule has 0 bridgehead atoms. The van der Waals surface area contributed by atoms with Gasteiger partial charge in [-0.25, -0.2) is 0 Å². The molecule has 2 heteroatoms. The van der Waals surface area contributed by atoms with Gasteiger partial charge in [0.15, 0.2) is 0 Å². The van der Waals surface area contributed by atoms with Crippen molar-refractivity contribution in [1.29, 1.82) is 0 Å². The standard InChI is InChI=1S/C15H29NO/c1-5-12(2)11-14(16-3)15(17-4)13-9-7-6-8-10-13/h13-16H,2,5-11H2,1,3-4H3. The molecule has 2 unspecified atom stereocenters. The number of ether oxygens (including phenoxy) is 1. The monoisotopic (exact) mass is 239 g/mol. The molecular formula is C15H29NO. The average molecular weight is 239 g/mol. The predicted octanol–water partition coefficient (Wildman–Crippen LogP) is 3.53. The number of nitrogens with one attached hydrogen (secondary N) is 1. The Morgan fingerprint density at radius 3 is 2.47 bits per heavy atom. The Morgan fingerprint density at radius 1 is 1.35 bits per heavy atom. The lowest BCUT2D eigenvalue weighted by Gasteiger charge is -2.35. The van der Waals surface area contributed by atoms with Crippen LogP contribution >= 0.6 is 0 Å². The Kier molecular flexibility index (Phi) is 6.83. The van der Waals surface area contributed by atoms with Crippen LogP contribution in [-0.2, 0) is 4.74 Å². The summed E-state index contributed by atoms with van der Waals surface area (Å²) in [6, 6.07) is 0.426. The first-order valence-electron chi connectivity index (χ1n) is 7.09. The lowest BCUT2D eigenvalue weighted by Crippen LogP contribution is -2.44. The van der Waals surface area contributed by atoms with Crippen LogP contribution in [-0.4, -0.2) is 26.3 Å². The summed E-state index contributed by atoms with van der Waals surface area (Å²) in [5, 5.41) is 3.43. The highest BCUT2D eigenvalue weighted by Gasteiger charge is 2.29. The second-order valence-electron chi connectivity index (χ2n) is 5.30. The van der Waals surface area contributed by atoms with Crippen LogP contribution in [0.2, 0.25) is 0 Å². The Labute approximate surface area is 107 Å². The van der Waals surface area contributed by atoms with E-state index in [1.807, 2.05) is 14.2 Å². The van der Waals surface area contributed by atoms with Crippen LogP contribution in [0.25, 0.3) is 0 Å². The van der Waals surface area contributed by atoms with Gasteiger partial charge in [0.05, 0.1) is 6.10 Å². The highest BCUT2D eigenvalue weighted by atomic mass is 16.5. The molecular weight excluding hydrogens is 210 g/mol. The first-order valence-corrected chi connectivity index (χ1v) is 7.09. The van der Waals surface area contributed by atoms with Gasteiger partial charge in [-0.05, 0) is 38.6 Å². The van der Waals surface area contributed by atoms with Gasteiger partial charge >= 0.3 is 0 Å².